The number of phenolic OH excluding ortho intramolecular Hbond substituents is 1. The Morgan fingerprint density at radius 2 is 1.58 bits per heavy atom. The van der Waals surface area contributed by atoms with Crippen LogP contribution in [0.4, 0.5) is 5.69 Å². The lowest BCUT2D eigenvalue weighted by Gasteiger charge is -2.25. The fourth-order valence-electron chi connectivity index (χ4n) is 4.23. The molecular weight excluding hydrogens is 438 g/mol. The minimum Gasteiger partial charge on any atom is -0.508 e. The molecule has 1 aliphatic heterocycles. The number of halogens is 1. The van der Waals surface area contributed by atoms with Gasteiger partial charge in [-0.1, -0.05) is 66.2 Å². The van der Waals surface area contributed by atoms with Crippen LogP contribution in [0.25, 0.3) is 16.5 Å². The van der Waals surface area contributed by atoms with Crippen molar-refractivity contribution in [1.29, 1.82) is 0 Å². The molecule has 1 amide bonds. The third kappa shape index (κ3) is 3.62. The van der Waals surface area contributed by atoms with Crippen molar-refractivity contribution in [3.63, 3.8) is 0 Å². The minimum absolute atomic E-state index is 0.0186. The number of carbonyl (C=O) groups excluding carboxylic acids is 2. The first-order chi connectivity index (χ1) is 15.9. The smallest absolute Gasteiger partial charge is 0.300 e. The second kappa shape index (κ2) is 8.11. The van der Waals surface area contributed by atoms with E-state index in [0.717, 1.165) is 10.8 Å². The number of Topliss-reactive ketones (excluding diaryl/α,β-unsaturated/α-hetero) is 1. The second-order valence-electron chi connectivity index (χ2n) is 7.81. The second-order valence-corrected chi connectivity index (χ2v) is 8.24. The van der Waals surface area contributed by atoms with Crippen molar-refractivity contribution >= 4 is 45.5 Å². The Kier molecular flexibility index (Phi) is 5.11. The number of fused-ring (bicyclic) bond motifs is 1. The highest BCUT2D eigenvalue weighted by Gasteiger charge is 2.47. The van der Waals surface area contributed by atoms with E-state index < -0.39 is 17.7 Å². The van der Waals surface area contributed by atoms with Gasteiger partial charge in [0.05, 0.1) is 11.6 Å². The fourth-order valence-corrected chi connectivity index (χ4v) is 4.41. The molecule has 5 nitrogen and oxygen atoms in total. The average molecular weight is 456 g/mol. The summed E-state index contributed by atoms with van der Waals surface area (Å²) < 4.78 is 0. The maximum absolute atomic E-state index is 13.2. The number of nitrogens with zero attached hydrogens (tertiary/aromatic N) is 1. The van der Waals surface area contributed by atoms with Gasteiger partial charge in [0.15, 0.2) is 0 Å². The summed E-state index contributed by atoms with van der Waals surface area (Å²) in [5.41, 5.74) is 1.26. The number of amides is 1. The van der Waals surface area contributed by atoms with Crippen LogP contribution in [-0.2, 0) is 9.59 Å². The molecule has 0 spiro atoms. The molecule has 1 heterocycles. The summed E-state index contributed by atoms with van der Waals surface area (Å²) in [5.74, 6) is -1.89. The van der Waals surface area contributed by atoms with Gasteiger partial charge in [-0.3, -0.25) is 14.5 Å². The molecule has 1 aliphatic rings. The summed E-state index contributed by atoms with van der Waals surface area (Å²) in [7, 11) is 0. The highest BCUT2D eigenvalue weighted by Crippen LogP contribution is 2.43. The molecule has 0 aromatic heterocycles. The van der Waals surface area contributed by atoms with Crippen molar-refractivity contribution in [3.05, 3.63) is 113 Å². The highest BCUT2D eigenvalue weighted by molar-refractivity contribution is 6.51. The van der Waals surface area contributed by atoms with Crippen molar-refractivity contribution in [2.24, 2.45) is 0 Å². The predicted molar refractivity (Wildman–Crippen MR) is 128 cm³/mol. The standard InChI is InChI=1S/C27H18ClNO4/c28-20-8-4-9-21(15-20)29-24(18-7-3-10-22(30)14-18)23(26(32)27(29)33)25(31)19-12-11-16-5-1-2-6-17(16)13-19/h1-15,24,30-31H/b25-23-. The Bertz CT molecular complexity index is 1460. The molecule has 0 aliphatic carbocycles. The number of rotatable bonds is 3. The molecule has 4 aromatic rings. The Balaban J connectivity index is 1.74. The lowest BCUT2D eigenvalue weighted by Crippen LogP contribution is -2.29. The molecule has 6 heteroatoms. The molecule has 0 radical (unpaired) electrons. The molecule has 1 fully saturated rings. The largest absolute Gasteiger partial charge is 0.508 e. The van der Waals surface area contributed by atoms with Crippen molar-refractivity contribution in [3.8, 4) is 5.75 Å². The van der Waals surface area contributed by atoms with Crippen LogP contribution < -0.4 is 4.90 Å². The summed E-state index contributed by atoms with van der Waals surface area (Å²) in [6.45, 7) is 0. The number of aliphatic hydroxyl groups excluding tert-OH is 1. The van der Waals surface area contributed by atoms with Crippen molar-refractivity contribution in [1.82, 2.24) is 0 Å². The Labute approximate surface area is 194 Å². The molecule has 1 atom stereocenters. The number of aromatic hydroxyl groups is 1. The SMILES string of the molecule is O=C1C(=O)N(c2cccc(Cl)c2)C(c2cccc(O)c2)/C1=C(/O)c1ccc2ccccc2c1. The highest BCUT2D eigenvalue weighted by atomic mass is 35.5. The first-order valence-electron chi connectivity index (χ1n) is 10.3. The van der Waals surface area contributed by atoms with E-state index in [1.165, 1.54) is 17.0 Å². The van der Waals surface area contributed by atoms with Gasteiger partial charge in [0.25, 0.3) is 11.7 Å². The Morgan fingerprint density at radius 1 is 0.818 bits per heavy atom. The summed E-state index contributed by atoms with van der Waals surface area (Å²) in [6.07, 6.45) is 0. The summed E-state index contributed by atoms with van der Waals surface area (Å²) in [5, 5.41) is 23.6. The van der Waals surface area contributed by atoms with E-state index in [4.69, 9.17) is 11.6 Å². The van der Waals surface area contributed by atoms with E-state index in [9.17, 15) is 19.8 Å². The third-order valence-electron chi connectivity index (χ3n) is 5.74. The number of anilines is 1. The topological polar surface area (TPSA) is 77.8 Å². The van der Waals surface area contributed by atoms with Crippen LogP contribution in [0.1, 0.15) is 17.2 Å². The fraction of sp³-hybridized carbons (Fsp3) is 0.0370. The maximum atomic E-state index is 13.2. The molecule has 33 heavy (non-hydrogen) atoms. The monoisotopic (exact) mass is 455 g/mol. The van der Waals surface area contributed by atoms with Gasteiger partial charge >= 0.3 is 0 Å². The Morgan fingerprint density at radius 3 is 2.33 bits per heavy atom. The molecule has 1 saturated heterocycles. The summed E-state index contributed by atoms with van der Waals surface area (Å²) in [6, 6.07) is 24.9. The molecule has 5 rings (SSSR count). The van der Waals surface area contributed by atoms with Gasteiger partial charge in [0.1, 0.15) is 11.5 Å². The van der Waals surface area contributed by atoms with Crippen molar-refractivity contribution in [2.75, 3.05) is 4.90 Å². The summed E-state index contributed by atoms with van der Waals surface area (Å²) in [4.78, 5) is 27.7. The first kappa shape index (κ1) is 20.8. The molecule has 2 N–H and O–H groups in total. The summed E-state index contributed by atoms with van der Waals surface area (Å²) >= 11 is 6.15. The minimum atomic E-state index is -0.943. The van der Waals surface area contributed by atoms with E-state index in [1.54, 1.807) is 48.5 Å². The quantitative estimate of drug-likeness (QED) is 0.231. The van der Waals surface area contributed by atoms with Crippen LogP contribution in [0.3, 0.4) is 0 Å². The molecule has 1 unspecified atom stereocenters. The van der Waals surface area contributed by atoms with Crippen molar-refractivity contribution < 1.29 is 19.8 Å². The average Bonchev–Trinajstić information content (AvgIpc) is 3.09. The van der Waals surface area contributed by atoms with Crippen LogP contribution in [0.15, 0.2) is 96.6 Å². The van der Waals surface area contributed by atoms with Gasteiger partial charge in [-0.25, -0.2) is 0 Å². The zero-order chi connectivity index (χ0) is 23.1. The Hall–Kier alpha value is -4.09. The van der Waals surface area contributed by atoms with Crippen LogP contribution in [0.5, 0.6) is 5.75 Å². The lowest BCUT2D eigenvalue weighted by atomic mass is 9.94. The van der Waals surface area contributed by atoms with Gasteiger partial charge in [-0.05, 0) is 52.7 Å². The lowest BCUT2D eigenvalue weighted by molar-refractivity contribution is -0.132. The van der Waals surface area contributed by atoms with Crippen LogP contribution in [-0.4, -0.2) is 21.9 Å². The molecular formula is C27H18ClNO4. The van der Waals surface area contributed by atoms with E-state index in [0.29, 0.717) is 21.8 Å². The number of phenols is 1. The molecule has 4 aromatic carbocycles. The normalized spacial score (nSPS) is 17.6. The number of aliphatic hydroxyl groups is 1. The first-order valence-corrected chi connectivity index (χ1v) is 10.7. The van der Waals surface area contributed by atoms with Crippen LogP contribution in [0.2, 0.25) is 5.02 Å². The maximum Gasteiger partial charge on any atom is 0.300 e. The van der Waals surface area contributed by atoms with Gasteiger partial charge in [-0.2, -0.15) is 0 Å². The number of hydrogen-bond donors (Lipinski definition) is 2. The van der Waals surface area contributed by atoms with Gasteiger partial charge in [-0.15, -0.1) is 0 Å². The zero-order valence-electron chi connectivity index (χ0n) is 17.3. The van der Waals surface area contributed by atoms with Gasteiger partial charge < -0.3 is 10.2 Å². The molecule has 162 valence electrons. The van der Waals surface area contributed by atoms with E-state index in [2.05, 4.69) is 0 Å². The van der Waals surface area contributed by atoms with Crippen molar-refractivity contribution in [2.45, 2.75) is 6.04 Å². The number of hydrogen-bond acceptors (Lipinski definition) is 4. The zero-order valence-corrected chi connectivity index (χ0v) is 18.0. The van der Waals surface area contributed by atoms with Gasteiger partial charge in [0, 0.05) is 16.3 Å². The number of benzene rings is 4. The van der Waals surface area contributed by atoms with E-state index >= 15 is 0 Å². The third-order valence-corrected chi connectivity index (χ3v) is 5.97. The number of ketones is 1. The van der Waals surface area contributed by atoms with Crippen LogP contribution >= 0.6 is 11.6 Å². The van der Waals surface area contributed by atoms with Crippen LogP contribution in [0, 0.1) is 0 Å². The van der Waals surface area contributed by atoms with E-state index in [-0.39, 0.29) is 17.1 Å². The predicted octanol–water partition coefficient (Wildman–Crippen LogP) is 5.83. The molecule has 0 saturated carbocycles. The molecule has 0 bridgehead atoms. The van der Waals surface area contributed by atoms with E-state index in [1.807, 2.05) is 30.3 Å². The van der Waals surface area contributed by atoms with Gasteiger partial charge in [0.2, 0.25) is 0 Å². The number of carbonyl (C=O) groups is 2.